The predicted molar refractivity (Wildman–Crippen MR) is 59.6 cm³/mol. The molecule has 0 spiro atoms. The molecule has 4 heteroatoms. The zero-order chi connectivity index (χ0) is 12.4. The van der Waals surface area contributed by atoms with Crippen LogP contribution >= 0.6 is 0 Å². The molecule has 1 N–H and O–H groups in total. The summed E-state index contributed by atoms with van der Waals surface area (Å²) in [6, 6.07) is 3.40. The summed E-state index contributed by atoms with van der Waals surface area (Å²) in [6.45, 7) is 0. The van der Waals surface area contributed by atoms with Crippen LogP contribution in [0.1, 0.15) is 18.4 Å². The van der Waals surface area contributed by atoms with Crippen molar-refractivity contribution in [1.82, 2.24) is 0 Å². The van der Waals surface area contributed by atoms with Gasteiger partial charge >= 0.3 is 0 Å². The summed E-state index contributed by atoms with van der Waals surface area (Å²) >= 11 is 0. The van der Waals surface area contributed by atoms with Crippen LogP contribution in [0.15, 0.2) is 18.2 Å². The molecular weight excluding hydrogens is 226 g/mol. The van der Waals surface area contributed by atoms with E-state index in [0.717, 1.165) is 18.9 Å². The number of benzene rings is 1. The topological polar surface area (TPSA) is 29.5 Å². The molecule has 2 atom stereocenters. The summed E-state index contributed by atoms with van der Waals surface area (Å²) in [7, 11) is 1.55. The predicted octanol–water partition coefficient (Wildman–Crippen LogP) is 2.29. The molecule has 0 amide bonds. The van der Waals surface area contributed by atoms with Gasteiger partial charge in [0, 0.05) is 19.6 Å². The summed E-state index contributed by atoms with van der Waals surface area (Å²) in [5.41, 5.74) is 0.321. The number of hydrogen-bond acceptors (Lipinski definition) is 2. The number of rotatable bonds is 5. The Balaban J connectivity index is 2.03. The lowest BCUT2D eigenvalue weighted by Crippen LogP contribution is -2.32. The minimum absolute atomic E-state index is 0.154. The summed E-state index contributed by atoms with van der Waals surface area (Å²) < 4.78 is 31.3. The number of ether oxygens (including phenoxy) is 1. The minimum Gasteiger partial charge on any atom is -0.390 e. The summed E-state index contributed by atoms with van der Waals surface area (Å²) in [5.74, 6) is -0.848. The van der Waals surface area contributed by atoms with Crippen LogP contribution in [-0.4, -0.2) is 24.4 Å². The molecule has 1 aliphatic rings. The SMILES string of the molecule is COC(C(O)Cc1ccc(F)cc1F)C1CC1. The number of halogens is 2. The molecule has 0 saturated heterocycles. The van der Waals surface area contributed by atoms with Crippen molar-refractivity contribution in [2.75, 3.05) is 7.11 Å². The van der Waals surface area contributed by atoms with Gasteiger partial charge in [0.2, 0.25) is 0 Å². The van der Waals surface area contributed by atoms with Gasteiger partial charge in [0.05, 0.1) is 12.2 Å². The van der Waals surface area contributed by atoms with E-state index < -0.39 is 17.7 Å². The standard InChI is InChI=1S/C13H16F2O2/c1-17-13(8-2-3-8)12(16)6-9-4-5-10(14)7-11(9)15/h4-5,7-8,12-13,16H,2-3,6H2,1H3. The Bertz CT molecular complexity index is 391. The van der Waals surface area contributed by atoms with Crippen LogP contribution in [0.25, 0.3) is 0 Å². The van der Waals surface area contributed by atoms with Gasteiger partial charge in [-0.05, 0) is 30.4 Å². The first-order valence-electron chi connectivity index (χ1n) is 5.76. The first-order valence-corrected chi connectivity index (χ1v) is 5.76. The number of aliphatic hydroxyl groups is 1. The normalized spacial score (nSPS) is 19.1. The Morgan fingerprint density at radius 3 is 2.65 bits per heavy atom. The zero-order valence-corrected chi connectivity index (χ0v) is 9.70. The van der Waals surface area contributed by atoms with Crippen molar-refractivity contribution in [3.05, 3.63) is 35.4 Å². The molecule has 1 fully saturated rings. The van der Waals surface area contributed by atoms with Gasteiger partial charge in [-0.2, -0.15) is 0 Å². The van der Waals surface area contributed by atoms with Gasteiger partial charge in [-0.15, -0.1) is 0 Å². The molecule has 0 aliphatic heterocycles. The first-order chi connectivity index (χ1) is 8.11. The Morgan fingerprint density at radius 2 is 2.12 bits per heavy atom. The lowest BCUT2D eigenvalue weighted by Gasteiger charge is -2.21. The van der Waals surface area contributed by atoms with Gasteiger partial charge in [0.15, 0.2) is 0 Å². The third kappa shape index (κ3) is 3.01. The van der Waals surface area contributed by atoms with Crippen LogP contribution in [0.4, 0.5) is 8.78 Å². The highest BCUT2D eigenvalue weighted by molar-refractivity contribution is 5.19. The fourth-order valence-corrected chi connectivity index (χ4v) is 2.12. The Labute approximate surface area is 99.2 Å². The Morgan fingerprint density at radius 1 is 1.41 bits per heavy atom. The van der Waals surface area contributed by atoms with E-state index in [-0.39, 0.29) is 12.5 Å². The smallest absolute Gasteiger partial charge is 0.129 e. The molecule has 0 aromatic heterocycles. The molecule has 2 nitrogen and oxygen atoms in total. The van der Waals surface area contributed by atoms with Crippen molar-refractivity contribution in [1.29, 1.82) is 0 Å². The van der Waals surface area contributed by atoms with Gasteiger partial charge in [-0.25, -0.2) is 8.78 Å². The van der Waals surface area contributed by atoms with Gasteiger partial charge in [0.25, 0.3) is 0 Å². The van der Waals surface area contributed by atoms with E-state index in [1.165, 1.54) is 12.1 Å². The van der Waals surface area contributed by atoms with Crippen LogP contribution in [-0.2, 0) is 11.2 Å². The molecule has 2 rings (SSSR count). The number of methoxy groups -OCH3 is 1. The third-order valence-corrected chi connectivity index (χ3v) is 3.18. The van der Waals surface area contributed by atoms with Crippen LogP contribution in [0, 0.1) is 17.6 Å². The largest absolute Gasteiger partial charge is 0.390 e. The first kappa shape index (κ1) is 12.5. The van der Waals surface area contributed by atoms with Crippen molar-refractivity contribution in [2.45, 2.75) is 31.5 Å². The van der Waals surface area contributed by atoms with Gasteiger partial charge in [-0.1, -0.05) is 6.07 Å². The lowest BCUT2D eigenvalue weighted by molar-refractivity contribution is -0.0241. The van der Waals surface area contributed by atoms with Crippen LogP contribution < -0.4 is 0 Å². The van der Waals surface area contributed by atoms with E-state index in [1.807, 2.05) is 0 Å². The summed E-state index contributed by atoms with van der Waals surface area (Å²) in [5, 5.41) is 9.98. The number of hydrogen-bond donors (Lipinski definition) is 1. The molecule has 0 bridgehead atoms. The third-order valence-electron chi connectivity index (χ3n) is 3.18. The summed E-state index contributed by atoms with van der Waals surface area (Å²) in [4.78, 5) is 0. The fraction of sp³-hybridized carbons (Fsp3) is 0.538. The second-order valence-corrected chi connectivity index (χ2v) is 4.54. The van der Waals surface area contributed by atoms with Crippen LogP contribution in [0.3, 0.4) is 0 Å². The maximum atomic E-state index is 13.4. The molecule has 1 aliphatic carbocycles. The Kier molecular flexibility index (Phi) is 3.74. The maximum Gasteiger partial charge on any atom is 0.129 e. The van der Waals surface area contributed by atoms with E-state index in [1.54, 1.807) is 7.11 Å². The molecule has 1 saturated carbocycles. The van der Waals surface area contributed by atoms with Gasteiger partial charge in [0.1, 0.15) is 11.6 Å². The van der Waals surface area contributed by atoms with Crippen molar-refractivity contribution in [3.63, 3.8) is 0 Å². The second kappa shape index (κ2) is 5.10. The lowest BCUT2D eigenvalue weighted by atomic mass is 10.0. The highest BCUT2D eigenvalue weighted by Gasteiger charge is 2.36. The Hall–Kier alpha value is -1.00. The quantitative estimate of drug-likeness (QED) is 0.858. The van der Waals surface area contributed by atoms with E-state index in [0.29, 0.717) is 11.5 Å². The van der Waals surface area contributed by atoms with Gasteiger partial charge in [-0.3, -0.25) is 0 Å². The van der Waals surface area contributed by atoms with E-state index in [4.69, 9.17) is 4.74 Å². The molecule has 0 radical (unpaired) electrons. The highest BCUT2D eigenvalue weighted by Crippen LogP contribution is 2.36. The van der Waals surface area contributed by atoms with Gasteiger partial charge < -0.3 is 9.84 Å². The van der Waals surface area contributed by atoms with Crippen LogP contribution in [0.2, 0.25) is 0 Å². The number of aliphatic hydroxyl groups excluding tert-OH is 1. The highest BCUT2D eigenvalue weighted by atomic mass is 19.1. The fourth-order valence-electron chi connectivity index (χ4n) is 2.12. The van der Waals surface area contributed by atoms with Crippen molar-refractivity contribution in [2.24, 2.45) is 5.92 Å². The zero-order valence-electron chi connectivity index (χ0n) is 9.70. The van der Waals surface area contributed by atoms with E-state index >= 15 is 0 Å². The molecule has 17 heavy (non-hydrogen) atoms. The summed E-state index contributed by atoms with van der Waals surface area (Å²) in [6.07, 6.45) is 1.25. The van der Waals surface area contributed by atoms with Crippen LogP contribution in [0.5, 0.6) is 0 Å². The van der Waals surface area contributed by atoms with E-state index in [2.05, 4.69) is 0 Å². The second-order valence-electron chi connectivity index (χ2n) is 4.54. The molecule has 1 aromatic carbocycles. The average molecular weight is 242 g/mol. The van der Waals surface area contributed by atoms with Crippen molar-refractivity contribution < 1.29 is 18.6 Å². The van der Waals surface area contributed by atoms with Crippen molar-refractivity contribution in [3.8, 4) is 0 Å². The average Bonchev–Trinajstić information content (AvgIpc) is 3.08. The minimum atomic E-state index is -0.743. The monoisotopic (exact) mass is 242 g/mol. The maximum absolute atomic E-state index is 13.4. The molecule has 1 aromatic rings. The molecule has 0 heterocycles. The molecular formula is C13H16F2O2. The van der Waals surface area contributed by atoms with E-state index in [9.17, 15) is 13.9 Å². The van der Waals surface area contributed by atoms with Crippen molar-refractivity contribution >= 4 is 0 Å². The molecule has 94 valence electrons. The molecule has 2 unspecified atom stereocenters.